The molecule has 0 saturated carbocycles. The zero-order valence-corrected chi connectivity index (χ0v) is 14.8. The smallest absolute Gasteiger partial charge is 0.338 e. The average molecular weight is 368 g/mol. The molecule has 0 saturated heterocycles. The number of hydrogen-bond acceptors (Lipinski definition) is 7. The summed E-state index contributed by atoms with van der Waals surface area (Å²) >= 11 is 1.51. The summed E-state index contributed by atoms with van der Waals surface area (Å²) in [5.74, 6) is 1.17. The number of nitrogens with one attached hydrogen (secondary N) is 1. The first-order valence-corrected chi connectivity index (χ1v) is 9.00. The highest BCUT2D eigenvalue weighted by Gasteiger charge is 2.15. The molecule has 0 fully saturated rings. The highest BCUT2D eigenvalue weighted by Crippen LogP contribution is 2.36. The lowest BCUT2D eigenvalue weighted by atomic mass is 10.1. The van der Waals surface area contributed by atoms with Crippen LogP contribution in [0, 0.1) is 0 Å². The van der Waals surface area contributed by atoms with Crippen LogP contribution in [0.3, 0.4) is 0 Å². The average Bonchev–Trinajstić information content (AvgIpc) is 3.31. The lowest BCUT2D eigenvalue weighted by Gasteiger charge is -2.05. The molecule has 6 nitrogen and oxygen atoms in total. The molecule has 0 atom stereocenters. The van der Waals surface area contributed by atoms with E-state index in [0.717, 1.165) is 33.6 Å². The van der Waals surface area contributed by atoms with E-state index in [0.29, 0.717) is 12.2 Å². The molecule has 1 N–H and O–H groups in total. The van der Waals surface area contributed by atoms with Gasteiger partial charge in [-0.05, 0) is 49.4 Å². The fraction of sp³-hybridized carbons (Fsp3) is 0.158. The van der Waals surface area contributed by atoms with E-state index in [1.807, 2.05) is 35.7 Å². The van der Waals surface area contributed by atoms with Crippen molar-refractivity contribution >= 4 is 28.1 Å². The van der Waals surface area contributed by atoms with Gasteiger partial charge in [0.15, 0.2) is 16.6 Å². The van der Waals surface area contributed by atoms with E-state index in [1.165, 1.54) is 11.3 Å². The minimum Gasteiger partial charge on any atom is -0.462 e. The number of rotatable bonds is 5. The van der Waals surface area contributed by atoms with Gasteiger partial charge in [-0.1, -0.05) is 0 Å². The normalized spacial score (nSPS) is 12.0. The molecule has 2 aromatic carbocycles. The topological polar surface area (TPSA) is 69.7 Å². The molecule has 26 heavy (non-hydrogen) atoms. The highest BCUT2D eigenvalue weighted by atomic mass is 32.1. The monoisotopic (exact) mass is 368 g/mol. The number of aromatic nitrogens is 1. The summed E-state index contributed by atoms with van der Waals surface area (Å²) in [6.45, 7) is 2.40. The number of thiazole rings is 1. The van der Waals surface area contributed by atoms with Gasteiger partial charge in [0.05, 0.1) is 17.9 Å². The van der Waals surface area contributed by atoms with E-state index < -0.39 is 0 Å². The van der Waals surface area contributed by atoms with Crippen LogP contribution >= 0.6 is 11.3 Å². The van der Waals surface area contributed by atoms with Crippen LogP contribution in [-0.4, -0.2) is 24.4 Å². The molecule has 0 aliphatic carbocycles. The number of carbonyl (C=O) groups excluding carboxylic acids is 1. The first-order chi connectivity index (χ1) is 12.7. The lowest BCUT2D eigenvalue weighted by molar-refractivity contribution is 0.0526. The summed E-state index contributed by atoms with van der Waals surface area (Å²) in [6.07, 6.45) is 0. The molecule has 0 radical (unpaired) electrons. The summed E-state index contributed by atoms with van der Waals surface area (Å²) in [5.41, 5.74) is 3.21. The Morgan fingerprint density at radius 2 is 2.00 bits per heavy atom. The summed E-state index contributed by atoms with van der Waals surface area (Å²) in [7, 11) is 0. The van der Waals surface area contributed by atoms with Crippen molar-refractivity contribution < 1.29 is 19.0 Å². The van der Waals surface area contributed by atoms with Gasteiger partial charge < -0.3 is 19.5 Å². The van der Waals surface area contributed by atoms with Crippen molar-refractivity contribution in [2.75, 3.05) is 18.7 Å². The second kappa shape index (κ2) is 7.05. The molecule has 2 heterocycles. The Balaban J connectivity index is 1.47. The van der Waals surface area contributed by atoms with E-state index in [9.17, 15) is 4.79 Å². The Hall–Kier alpha value is -3.06. The second-order valence-corrected chi connectivity index (χ2v) is 6.39. The predicted octanol–water partition coefficient (Wildman–Crippen LogP) is 4.46. The van der Waals surface area contributed by atoms with Gasteiger partial charge in [-0.15, -0.1) is 11.3 Å². The number of esters is 1. The van der Waals surface area contributed by atoms with Gasteiger partial charge in [-0.2, -0.15) is 0 Å². The molecule has 0 amide bonds. The van der Waals surface area contributed by atoms with Crippen molar-refractivity contribution in [1.29, 1.82) is 0 Å². The van der Waals surface area contributed by atoms with Crippen LogP contribution in [0.4, 0.5) is 10.8 Å². The Morgan fingerprint density at radius 1 is 1.19 bits per heavy atom. The molecule has 4 rings (SSSR count). The van der Waals surface area contributed by atoms with Gasteiger partial charge in [0.2, 0.25) is 6.79 Å². The van der Waals surface area contributed by atoms with Crippen LogP contribution in [0.15, 0.2) is 47.8 Å². The van der Waals surface area contributed by atoms with Crippen LogP contribution < -0.4 is 14.8 Å². The van der Waals surface area contributed by atoms with Crippen molar-refractivity contribution in [1.82, 2.24) is 4.98 Å². The van der Waals surface area contributed by atoms with E-state index >= 15 is 0 Å². The van der Waals surface area contributed by atoms with Crippen molar-refractivity contribution in [3.8, 4) is 22.8 Å². The Kier molecular flexibility index (Phi) is 4.45. The maximum absolute atomic E-state index is 11.7. The van der Waals surface area contributed by atoms with Gasteiger partial charge >= 0.3 is 5.97 Å². The van der Waals surface area contributed by atoms with Crippen molar-refractivity contribution in [2.24, 2.45) is 0 Å². The SMILES string of the molecule is CCOC(=O)c1ccc(Nc2nc(-c3ccc4c(c3)OCO4)cs2)cc1. The molecule has 0 spiro atoms. The van der Waals surface area contributed by atoms with Crippen molar-refractivity contribution in [3.63, 3.8) is 0 Å². The van der Waals surface area contributed by atoms with E-state index in [-0.39, 0.29) is 12.8 Å². The third kappa shape index (κ3) is 3.34. The molecular formula is C19H16N2O4S. The summed E-state index contributed by atoms with van der Waals surface area (Å²) in [6, 6.07) is 12.9. The maximum Gasteiger partial charge on any atom is 0.338 e. The minimum atomic E-state index is -0.321. The summed E-state index contributed by atoms with van der Waals surface area (Å²) in [5, 5.41) is 5.99. The van der Waals surface area contributed by atoms with Crippen LogP contribution in [0.25, 0.3) is 11.3 Å². The molecule has 1 aliphatic rings. The van der Waals surface area contributed by atoms with Crippen LogP contribution in [0.5, 0.6) is 11.5 Å². The third-order valence-corrected chi connectivity index (χ3v) is 4.58. The van der Waals surface area contributed by atoms with Crippen LogP contribution in [0.2, 0.25) is 0 Å². The minimum absolute atomic E-state index is 0.254. The third-order valence-electron chi connectivity index (χ3n) is 3.82. The molecule has 3 aromatic rings. The van der Waals surface area contributed by atoms with Crippen molar-refractivity contribution in [3.05, 3.63) is 53.4 Å². The summed E-state index contributed by atoms with van der Waals surface area (Å²) in [4.78, 5) is 16.3. The number of hydrogen-bond donors (Lipinski definition) is 1. The van der Waals surface area contributed by atoms with Gasteiger partial charge in [0, 0.05) is 16.6 Å². The zero-order chi connectivity index (χ0) is 17.9. The van der Waals surface area contributed by atoms with Crippen LogP contribution in [0.1, 0.15) is 17.3 Å². The number of ether oxygens (including phenoxy) is 3. The predicted molar refractivity (Wildman–Crippen MR) is 99.4 cm³/mol. The molecule has 1 aliphatic heterocycles. The van der Waals surface area contributed by atoms with Gasteiger partial charge in [0.1, 0.15) is 0 Å². The largest absolute Gasteiger partial charge is 0.462 e. The zero-order valence-electron chi connectivity index (χ0n) is 14.0. The van der Waals surface area contributed by atoms with Crippen molar-refractivity contribution in [2.45, 2.75) is 6.92 Å². The van der Waals surface area contributed by atoms with Gasteiger partial charge in [-0.25, -0.2) is 9.78 Å². The first-order valence-electron chi connectivity index (χ1n) is 8.12. The van der Waals surface area contributed by atoms with Gasteiger partial charge in [0.25, 0.3) is 0 Å². The fourth-order valence-electron chi connectivity index (χ4n) is 2.55. The fourth-order valence-corrected chi connectivity index (χ4v) is 3.29. The number of carbonyl (C=O) groups is 1. The summed E-state index contributed by atoms with van der Waals surface area (Å²) < 4.78 is 15.7. The number of fused-ring (bicyclic) bond motifs is 1. The molecule has 0 bridgehead atoms. The quantitative estimate of drug-likeness (QED) is 0.671. The molecule has 132 valence electrons. The van der Waals surface area contributed by atoms with Gasteiger partial charge in [-0.3, -0.25) is 0 Å². The maximum atomic E-state index is 11.7. The first kappa shape index (κ1) is 16.4. The molecule has 7 heteroatoms. The molecule has 0 unspecified atom stereocenters. The Labute approximate surface area is 154 Å². The van der Waals surface area contributed by atoms with E-state index in [2.05, 4.69) is 10.3 Å². The van der Waals surface area contributed by atoms with Crippen LogP contribution in [-0.2, 0) is 4.74 Å². The number of anilines is 2. The lowest BCUT2D eigenvalue weighted by Crippen LogP contribution is -2.04. The molecule has 1 aromatic heterocycles. The highest BCUT2D eigenvalue weighted by molar-refractivity contribution is 7.14. The second-order valence-electron chi connectivity index (χ2n) is 5.53. The number of benzene rings is 2. The standard InChI is InChI=1S/C19H16N2O4S/c1-2-23-18(22)12-3-6-14(7-4-12)20-19-21-15(10-26-19)13-5-8-16-17(9-13)25-11-24-16/h3-10H,2,11H2,1H3,(H,20,21). The Bertz CT molecular complexity index is 937. The molecular weight excluding hydrogens is 352 g/mol. The number of nitrogens with zero attached hydrogens (tertiary/aromatic N) is 1. The van der Waals surface area contributed by atoms with E-state index in [4.69, 9.17) is 14.2 Å². The van der Waals surface area contributed by atoms with E-state index in [1.54, 1.807) is 19.1 Å². The Morgan fingerprint density at radius 3 is 2.81 bits per heavy atom.